The number of nitrogens with one attached hydrogen (secondary N) is 4. The number of anilines is 2. The summed E-state index contributed by atoms with van der Waals surface area (Å²) in [7, 11) is 0. The highest BCUT2D eigenvalue weighted by Gasteiger charge is 2.28. The summed E-state index contributed by atoms with van der Waals surface area (Å²) in [6.07, 6.45) is 0. The number of allylic oxidation sites excluding steroid dienone is 1. The van der Waals surface area contributed by atoms with Crippen molar-refractivity contribution in [3.8, 4) is 6.07 Å². The van der Waals surface area contributed by atoms with Gasteiger partial charge in [-0.05, 0) is 45.0 Å². The molecule has 0 unspecified atom stereocenters. The Bertz CT molecular complexity index is 1680. The van der Waals surface area contributed by atoms with Crippen molar-refractivity contribution in [2.75, 3.05) is 10.6 Å². The number of fused-ring (bicyclic) bond motifs is 1. The Kier molecular flexibility index (Phi) is 7.46. The van der Waals surface area contributed by atoms with Crippen LogP contribution in [-0.4, -0.2) is 33.0 Å². The zero-order valence-corrected chi connectivity index (χ0v) is 21.9. The van der Waals surface area contributed by atoms with Crippen molar-refractivity contribution >= 4 is 50.8 Å². The number of nitrogens with zero attached hydrogens (tertiary/aromatic N) is 2. The van der Waals surface area contributed by atoms with Gasteiger partial charge in [-0.3, -0.25) is 19.5 Å². The van der Waals surface area contributed by atoms with Crippen molar-refractivity contribution in [2.24, 2.45) is 0 Å². The fourth-order valence-corrected chi connectivity index (χ4v) is 4.75. The van der Waals surface area contributed by atoms with Crippen molar-refractivity contribution in [3.63, 3.8) is 0 Å². The maximum atomic E-state index is 14.3. The lowest BCUT2D eigenvalue weighted by Crippen LogP contribution is -2.41. The molecule has 10 nitrogen and oxygen atoms in total. The number of carbonyl (C=O) groups is 3. The number of hydrogen-bond donors (Lipinski definition) is 5. The van der Waals surface area contributed by atoms with Gasteiger partial charge in [-0.2, -0.15) is 10.4 Å². The molecule has 0 fully saturated rings. The summed E-state index contributed by atoms with van der Waals surface area (Å²) < 4.78 is 14.3. The Morgan fingerprint density at radius 3 is 2.46 bits per heavy atom. The standard InChI is InChI=1S/C27H23FN6O4S/c1-14(35)17(13-29)24(37)30-20-11-7-4-8-15(20)23(36)31-22-16-12-21(39-26(16)34-33-22)25(38)32-27(2,3)18-9-5-6-10-19(18)28/h4-12,35H,1-3H3,(H,30,37)(H,32,38)(H2,31,33,34,36)/b17-14+. The van der Waals surface area contributed by atoms with Crippen molar-refractivity contribution < 1.29 is 23.9 Å². The van der Waals surface area contributed by atoms with E-state index in [-0.39, 0.29) is 17.1 Å². The number of amides is 3. The summed E-state index contributed by atoms with van der Waals surface area (Å²) in [5.41, 5.74) is -0.941. The molecular weight excluding hydrogens is 523 g/mol. The highest BCUT2D eigenvalue weighted by Crippen LogP contribution is 2.31. The SMILES string of the molecule is C/C(O)=C(/C#N)C(=O)Nc1ccccc1C(=O)Nc1n[nH]c2sc(C(=O)NC(C)(C)c3ccccc3F)cc12. The molecule has 0 aliphatic heterocycles. The van der Waals surface area contributed by atoms with Crippen LogP contribution in [0.4, 0.5) is 15.9 Å². The van der Waals surface area contributed by atoms with Crippen molar-refractivity contribution in [2.45, 2.75) is 26.3 Å². The van der Waals surface area contributed by atoms with Crippen LogP contribution in [0.1, 0.15) is 46.4 Å². The Balaban J connectivity index is 1.54. The number of aromatic amines is 1. The Labute approximate surface area is 226 Å². The van der Waals surface area contributed by atoms with Crippen molar-refractivity contribution in [1.82, 2.24) is 15.5 Å². The second-order valence-corrected chi connectivity index (χ2v) is 10.1. The topological polar surface area (TPSA) is 160 Å². The van der Waals surface area contributed by atoms with Gasteiger partial charge in [-0.25, -0.2) is 4.39 Å². The van der Waals surface area contributed by atoms with Gasteiger partial charge in [0.25, 0.3) is 17.7 Å². The second-order valence-electron chi connectivity index (χ2n) is 9.01. The molecule has 0 atom stereocenters. The maximum absolute atomic E-state index is 14.3. The maximum Gasteiger partial charge on any atom is 0.269 e. The summed E-state index contributed by atoms with van der Waals surface area (Å²) in [5, 5.41) is 34.0. The number of aromatic nitrogens is 2. The zero-order chi connectivity index (χ0) is 28.3. The van der Waals surface area contributed by atoms with Crippen LogP contribution in [-0.2, 0) is 10.3 Å². The van der Waals surface area contributed by atoms with E-state index < -0.39 is 40.4 Å². The molecule has 0 bridgehead atoms. The van der Waals surface area contributed by atoms with Crippen LogP contribution in [0.25, 0.3) is 10.2 Å². The Hall–Kier alpha value is -5.02. The molecule has 2 heterocycles. The number of benzene rings is 2. The Morgan fingerprint density at radius 2 is 1.77 bits per heavy atom. The lowest BCUT2D eigenvalue weighted by molar-refractivity contribution is -0.112. The van der Waals surface area contributed by atoms with Gasteiger partial charge in [-0.15, -0.1) is 11.3 Å². The largest absolute Gasteiger partial charge is 0.511 e. The molecule has 0 saturated heterocycles. The van der Waals surface area contributed by atoms with Crippen LogP contribution >= 0.6 is 11.3 Å². The van der Waals surface area contributed by atoms with Gasteiger partial charge in [0.2, 0.25) is 0 Å². The zero-order valence-electron chi connectivity index (χ0n) is 21.0. The first-order chi connectivity index (χ1) is 18.5. The molecule has 0 aliphatic carbocycles. The molecular formula is C27H23FN6O4S. The number of thiophene rings is 1. The van der Waals surface area contributed by atoms with E-state index in [9.17, 15) is 23.9 Å². The molecule has 4 rings (SSSR count). The molecule has 39 heavy (non-hydrogen) atoms. The molecule has 0 aliphatic rings. The number of aliphatic hydroxyl groups excluding tert-OH is 1. The van der Waals surface area contributed by atoms with Crippen LogP contribution < -0.4 is 16.0 Å². The summed E-state index contributed by atoms with van der Waals surface area (Å²) in [6.45, 7) is 4.60. The quantitative estimate of drug-likeness (QED) is 0.125. The molecule has 3 amide bonds. The van der Waals surface area contributed by atoms with E-state index in [0.29, 0.717) is 20.7 Å². The van der Waals surface area contributed by atoms with Crippen molar-refractivity contribution in [3.05, 3.63) is 87.8 Å². The number of nitriles is 1. The van der Waals surface area contributed by atoms with E-state index in [1.807, 2.05) is 0 Å². The second kappa shape index (κ2) is 10.8. The molecule has 4 aromatic rings. The first-order valence-electron chi connectivity index (χ1n) is 11.6. The highest BCUT2D eigenvalue weighted by molar-refractivity contribution is 7.20. The number of H-pyrrole nitrogens is 1. The minimum atomic E-state index is -0.987. The number of rotatable bonds is 7. The first kappa shape index (κ1) is 27.0. The predicted molar refractivity (Wildman–Crippen MR) is 145 cm³/mol. The van der Waals surface area contributed by atoms with Gasteiger partial charge in [0.15, 0.2) is 11.4 Å². The number of halogens is 1. The molecule has 0 saturated carbocycles. The van der Waals surface area contributed by atoms with Crippen LogP contribution in [0, 0.1) is 17.1 Å². The van der Waals surface area contributed by atoms with E-state index in [1.165, 1.54) is 25.1 Å². The van der Waals surface area contributed by atoms with E-state index in [2.05, 4.69) is 26.1 Å². The van der Waals surface area contributed by atoms with Gasteiger partial charge < -0.3 is 21.1 Å². The average molecular weight is 547 g/mol. The summed E-state index contributed by atoms with van der Waals surface area (Å²) in [6, 6.07) is 15.5. The summed E-state index contributed by atoms with van der Waals surface area (Å²) >= 11 is 1.12. The fraction of sp³-hybridized carbons (Fsp3) is 0.148. The fourth-order valence-electron chi connectivity index (χ4n) is 3.85. The van der Waals surface area contributed by atoms with Gasteiger partial charge in [0.1, 0.15) is 22.5 Å². The minimum absolute atomic E-state index is 0.0784. The normalized spacial score (nSPS) is 11.9. The molecule has 2 aromatic carbocycles. The van der Waals surface area contributed by atoms with Crippen LogP contribution in [0.5, 0.6) is 0 Å². The molecule has 2 aromatic heterocycles. The van der Waals surface area contributed by atoms with Crippen LogP contribution in [0.2, 0.25) is 0 Å². The molecule has 198 valence electrons. The smallest absolute Gasteiger partial charge is 0.269 e. The van der Waals surface area contributed by atoms with Gasteiger partial charge in [-0.1, -0.05) is 30.3 Å². The lowest BCUT2D eigenvalue weighted by Gasteiger charge is -2.27. The average Bonchev–Trinajstić information content (AvgIpc) is 3.46. The van der Waals surface area contributed by atoms with E-state index in [4.69, 9.17) is 5.26 Å². The first-order valence-corrected chi connectivity index (χ1v) is 12.4. The monoisotopic (exact) mass is 546 g/mol. The highest BCUT2D eigenvalue weighted by atomic mass is 32.1. The summed E-state index contributed by atoms with van der Waals surface area (Å²) in [5.74, 6) is -2.64. The van der Waals surface area contributed by atoms with Crippen molar-refractivity contribution in [1.29, 1.82) is 5.26 Å². The van der Waals surface area contributed by atoms with Gasteiger partial charge in [0, 0.05) is 5.56 Å². The number of para-hydroxylation sites is 1. The van der Waals surface area contributed by atoms with E-state index >= 15 is 0 Å². The molecule has 12 heteroatoms. The van der Waals surface area contributed by atoms with E-state index in [0.717, 1.165) is 11.3 Å². The summed E-state index contributed by atoms with van der Waals surface area (Å²) in [4.78, 5) is 39.3. The molecule has 0 spiro atoms. The predicted octanol–water partition coefficient (Wildman–Crippen LogP) is 4.97. The van der Waals surface area contributed by atoms with Gasteiger partial charge >= 0.3 is 0 Å². The minimum Gasteiger partial charge on any atom is -0.511 e. The number of aliphatic hydroxyl groups is 1. The third-order valence-electron chi connectivity index (χ3n) is 5.81. The number of carbonyl (C=O) groups excluding carboxylic acids is 3. The number of hydrogen-bond acceptors (Lipinski definition) is 7. The Morgan fingerprint density at radius 1 is 1.08 bits per heavy atom. The third-order valence-corrected chi connectivity index (χ3v) is 6.84. The lowest BCUT2D eigenvalue weighted by atomic mass is 9.93. The van der Waals surface area contributed by atoms with Crippen LogP contribution in [0.3, 0.4) is 0 Å². The molecule has 0 radical (unpaired) electrons. The third kappa shape index (κ3) is 5.63. The van der Waals surface area contributed by atoms with Crippen LogP contribution in [0.15, 0.2) is 65.9 Å². The molecule has 5 N–H and O–H groups in total. The van der Waals surface area contributed by atoms with E-state index in [1.54, 1.807) is 56.3 Å². The van der Waals surface area contributed by atoms with Gasteiger partial charge in [0.05, 0.1) is 27.1 Å².